The molecule has 0 spiro atoms. The van der Waals surface area contributed by atoms with Crippen LogP contribution >= 0.6 is 0 Å². The summed E-state index contributed by atoms with van der Waals surface area (Å²) in [6, 6.07) is 0. The van der Waals surface area contributed by atoms with Gasteiger partial charge in [-0.1, -0.05) is 192 Å². The van der Waals surface area contributed by atoms with E-state index in [1.807, 2.05) is 21.1 Å². The smallest absolute Gasteiger partial charge is 0.361 e. The summed E-state index contributed by atoms with van der Waals surface area (Å²) in [5.41, 5.74) is 0. The Labute approximate surface area is 394 Å². The van der Waals surface area contributed by atoms with Gasteiger partial charge in [0.1, 0.15) is 13.2 Å². The van der Waals surface area contributed by atoms with Crippen LogP contribution in [0.15, 0.2) is 36.5 Å². The summed E-state index contributed by atoms with van der Waals surface area (Å²) < 4.78 is 22.8. The largest absolute Gasteiger partial charge is 0.477 e. The van der Waals surface area contributed by atoms with Crippen LogP contribution in [0.4, 0.5) is 0 Å². The van der Waals surface area contributed by atoms with E-state index >= 15 is 0 Å². The fraction of sp³-hybridized carbons (Fsp3) is 0.836. The first-order chi connectivity index (χ1) is 31.1. The summed E-state index contributed by atoms with van der Waals surface area (Å²) in [5, 5.41) is 9.66. The van der Waals surface area contributed by atoms with Crippen molar-refractivity contribution in [3.05, 3.63) is 36.5 Å². The second-order valence-electron chi connectivity index (χ2n) is 19.2. The molecular weight excluding hydrogens is 803 g/mol. The molecule has 0 bridgehead atoms. The Morgan fingerprint density at radius 3 is 1.28 bits per heavy atom. The van der Waals surface area contributed by atoms with Crippen molar-refractivity contribution >= 4 is 17.9 Å². The number of allylic oxidation sites excluding steroid dienone is 6. The van der Waals surface area contributed by atoms with Crippen LogP contribution in [0.3, 0.4) is 0 Å². The molecule has 2 unspecified atom stereocenters. The molecular formula is C55H102NO8+. The average Bonchev–Trinajstić information content (AvgIpc) is 3.26. The van der Waals surface area contributed by atoms with Gasteiger partial charge in [0.25, 0.3) is 6.29 Å². The first kappa shape index (κ1) is 61.5. The number of quaternary nitrogens is 1. The molecule has 64 heavy (non-hydrogen) atoms. The van der Waals surface area contributed by atoms with Gasteiger partial charge in [0.2, 0.25) is 0 Å². The molecule has 0 aromatic heterocycles. The van der Waals surface area contributed by atoms with Crippen molar-refractivity contribution in [2.45, 2.75) is 251 Å². The summed E-state index contributed by atoms with van der Waals surface area (Å²) in [7, 11) is 5.96. The van der Waals surface area contributed by atoms with Gasteiger partial charge in [0.05, 0.1) is 34.4 Å². The lowest BCUT2D eigenvalue weighted by molar-refractivity contribution is -0.870. The number of carbonyl (C=O) groups excluding carboxylic acids is 2. The monoisotopic (exact) mass is 905 g/mol. The lowest BCUT2D eigenvalue weighted by Crippen LogP contribution is -2.40. The van der Waals surface area contributed by atoms with Crippen molar-refractivity contribution < 1.29 is 42.9 Å². The van der Waals surface area contributed by atoms with Crippen molar-refractivity contribution in [2.75, 3.05) is 47.5 Å². The summed E-state index contributed by atoms with van der Waals surface area (Å²) in [4.78, 5) is 37.2. The highest BCUT2D eigenvalue weighted by molar-refractivity contribution is 5.71. The number of esters is 2. The quantitative estimate of drug-likeness (QED) is 0.0211. The Morgan fingerprint density at radius 2 is 0.844 bits per heavy atom. The maximum Gasteiger partial charge on any atom is 0.361 e. The van der Waals surface area contributed by atoms with E-state index in [-0.39, 0.29) is 32.2 Å². The summed E-state index contributed by atoms with van der Waals surface area (Å²) in [6.07, 6.45) is 52.2. The minimum atomic E-state index is -1.51. The predicted octanol–water partition coefficient (Wildman–Crippen LogP) is 15.0. The van der Waals surface area contributed by atoms with Crippen molar-refractivity contribution in [1.29, 1.82) is 0 Å². The van der Waals surface area contributed by atoms with Crippen molar-refractivity contribution in [3.8, 4) is 0 Å². The Morgan fingerprint density at radius 1 is 0.469 bits per heavy atom. The first-order valence-corrected chi connectivity index (χ1v) is 26.7. The number of likely N-dealkylation sites (N-methyl/N-ethyl adjacent to an activating group) is 1. The van der Waals surface area contributed by atoms with Gasteiger partial charge in [-0.15, -0.1) is 0 Å². The fourth-order valence-corrected chi connectivity index (χ4v) is 7.45. The molecule has 0 saturated heterocycles. The van der Waals surface area contributed by atoms with E-state index < -0.39 is 24.3 Å². The number of hydrogen-bond acceptors (Lipinski definition) is 7. The second kappa shape index (κ2) is 47.0. The number of hydrogen-bond donors (Lipinski definition) is 1. The van der Waals surface area contributed by atoms with Gasteiger partial charge in [-0.25, -0.2) is 4.79 Å². The van der Waals surface area contributed by atoms with E-state index in [9.17, 15) is 19.5 Å². The Kier molecular flexibility index (Phi) is 45.2. The Bertz CT molecular complexity index is 1150. The molecule has 0 heterocycles. The number of rotatable bonds is 49. The molecule has 0 amide bonds. The minimum Gasteiger partial charge on any atom is -0.477 e. The third kappa shape index (κ3) is 47.5. The zero-order valence-corrected chi connectivity index (χ0v) is 42.4. The number of ether oxygens (including phenoxy) is 4. The highest BCUT2D eigenvalue weighted by Gasteiger charge is 2.25. The summed E-state index contributed by atoms with van der Waals surface area (Å²) in [6.45, 7) is 4.84. The highest BCUT2D eigenvalue weighted by atomic mass is 16.7. The van der Waals surface area contributed by atoms with Crippen LogP contribution in [0.25, 0.3) is 0 Å². The van der Waals surface area contributed by atoms with Crippen molar-refractivity contribution in [2.24, 2.45) is 0 Å². The number of aliphatic carboxylic acids is 1. The second-order valence-corrected chi connectivity index (χ2v) is 19.2. The van der Waals surface area contributed by atoms with Crippen LogP contribution in [-0.2, 0) is 33.3 Å². The van der Waals surface area contributed by atoms with Gasteiger partial charge in [0.15, 0.2) is 6.10 Å². The molecule has 0 saturated carbocycles. The first-order valence-electron chi connectivity index (χ1n) is 26.7. The van der Waals surface area contributed by atoms with E-state index in [0.717, 1.165) is 64.2 Å². The van der Waals surface area contributed by atoms with Crippen LogP contribution in [0, 0.1) is 0 Å². The van der Waals surface area contributed by atoms with E-state index in [4.69, 9.17) is 18.9 Å². The van der Waals surface area contributed by atoms with E-state index in [1.165, 1.54) is 148 Å². The molecule has 374 valence electrons. The average molecular weight is 905 g/mol. The van der Waals surface area contributed by atoms with E-state index in [0.29, 0.717) is 17.4 Å². The molecule has 0 fully saturated rings. The van der Waals surface area contributed by atoms with Crippen LogP contribution in [0.1, 0.15) is 239 Å². The van der Waals surface area contributed by atoms with Gasteiger partial charge in [0, 0.05) is 12.8 Å². The molecule has 1 N–H and O–H groups in total. The van der Waals surface area contributed by atoms with Crippen molar-refractivity contribution in [3.63, 3.8) is 0 Å². The van der Waals surface area contributed by atoms with Crippen LogP contribution in [0.2, 0.25) is 0 Å². The molecule has 0 aliphatic rings. The summed E-state index contributed by atoms with van der Waals surface area (Å²) in [5.74, 6) is -2.01. The summed E-state index contributed by atoms with van der Waals surface area (Å²) >= 11 is 0. The zero-order chi connectivity index (χ0) is 47.0. The number of carboxylic acids is 1. The molecule has 0 rings (SSSR count). The molecule has 0 aromatic carbocycles. The third-order valence-corrected chi connectivity index (χ3v) is 11.6. The van der Waals surface area contributed by atoms with Gasteiger partial charge < -0.3 is 28.5 Å². The fourth-order valence-electron chi connectivity index (χ4n) is 7.45. The molecule has 0 aliphatic heterocycles. The molecule has 9 nitrogen and oxygen atoms in total. The third-order valence-electron chi connectivity index (χ3n) is 11.6. The van der Waals surface area contributed by atoms with Gasteiger partial charge in [-0.2, -0.15) is 0 Å². The normalized spacial score (nSPS) is 13.1. The van der Waals surface area contributed by atoms with E-state index in [1.54, 1.807) is 0 Å². The van der Waals surface area contributed by atoms with Crippen LogP contribution < -0.4 is 0 Å². The van der Waals surface area contributed by atoms with Crippen LogP contribution in [0.5, 0.6) is 0 Å². The number of carboxylic acid groups (broad SMARTS) is 1. The standard InChI is InChI=1S/C55H101NO8/c1-6-8-10-12-14-16-18-20-21-22-23-24-25-26-27-28-29-30-31-32-33-34-36-38-40-42-44-46-53(58)64-51(50-63-55(54(59)60)61-48-47-56(3,4)5)49-62-52(57)45-43-41-39-37-35-19-17-15-13-11-9-7-2/h15,17-18,20,22-23,51,55H,6-14,16,19,21,24-50H2,1-5H3/p+1/b17-15-,20-18-,23-22-. The maximum atomic E-state index is 12.8. The lowest BCUT2D eigenvalue weighted by Gasteiger charge is -2.25. The number of carbonyl (C=O) groups is 3. The van der Waals surface area contributed by atoms with Gasteiger partial charge in [-0.3, -0.25) is 9.59 Å². The molecule has 9 heteroatoms. The maximum absolute atomic E-state index is 12.8. The van der Waals surface area contributed by atoms with Gasteiger partial charge in [-0.05, 0) is 70.6 Å². The molecule has 0 aromatic rings. The number of nitrogens with zero attached hydrogens (tertiary/aromatic N) is 1. The number of unbranched alkanes of at least 4 members (excludes halogenated alkanes) is 28. The topological polar surface area (TPSA) is 108 Å². The SMILES string of the molecule is CCCCC/C=C\CCCCCCCC(=O)OCC(COC(OCC[N+](C)(C)C)C(=O)O)OC(=O)CCCCCCCCCCCCCCCCC/C=C\C/C=C\CCCCCCC. The molecule has 2 atom stereocenters. The van der Waals surface area contributed by atoms with Crippen molar-refractivity contribution in [1.82, 2.24) is 0 Å². The predicted molar refractivity (Wildman–Crippen MR) is 267 cm³/mol. The minimum absolute atomic E-state index is 0.184. The lowest BCUT2D eigenvalue weighted by atomic mass is 10.0. The zero-order valence-electron chi connectivity index (χ0n) is 42.4. The Hall–Kier alpha value is -2.49. The van der Waals surface area contributed by atoms with Gasteiger partial charge >= 0.3 is 17.9 Å². The van der Waals surface area contributed by atoms with Crippen LogP contribution in [-0.4, -0.2) is 87.4 Å². The van der Waals surface area contributed by atoms with E-state index in [2.05, 4.69) is 50.3 Å². The Balaban J connectivity index is 4.19. The molecule has 0 aliphatic carbocycles. The highest BCUT2D eigenvalue weighted by Crippen LogP contribution is 2.16. The molecule has 0 radical (unpaired) electrons.